The molecule has 0 aliphatic carbocycles. The number of hydrogen-bond acceptors (Lipinski definition) is 5. The second kappa shape index (κ2) is 7.73. The minimum absolute atomic E-state index is 0.0301. The Morgan fingerprint density at radius 3 is 2.71 bits per heavy atom. The molecule has 3 aromatic heterocycles. The first-order chi connectivity index (χ1) is 14.8. The van der Waals surface area contributed by atoms with Crippen LogP contribution in [0.1, 0.15) is 26.3 Å². The minimum Gasteiger partial charge on any atom is -0.456 e. The van der Waals surface area contributed by atoms with E-state index in [1.54, 1.807) is 28.4 Å². The van der Waals surface area contributed by atoms with Gasteiger partial charge in [0, 0.05) is 37.6 Å². The van der Waals surface area contributed by atoms with Crippen LogP contribution in [0.2, 0.25) is 0 Å². The van der Waals surface area contributed by atoms with Crippen molar-refractivity contribution >= 4 is 11.2 Å². The van der Waals surface area contributed by atoms with Crippen LogP contribution in [0.15, 0.2) is 59.7 Å². The summed E-state index contributed by atoms with van der Waals surface area (Å²) in [4.78, 5) is 21.5. The van der Waals surface area contributed by atoms with Crippen molar-refractivity contribution in [3.63, 3.8) is 0 Å². The van der Waals surface area contributed by atoms with Crippen molar-refractivity contribution in [2.45, 2.75) is 27.3 Å². The predicted octanol–water partition coefficient (Wildman–Crippen LogP) is 4.51. The van der Waals surface area contributed by atoms with E-state index in [0.29, 0.717) is 29.3 Å². The van der Waals surface area contributed by atoms with Gasteiger partial charge in [-0.05, 0) is 29.7 Å². The molecular formula is C24H23N5O2. The first-order valence-electron chi connectivity index (χ1n) is 9.95. The number of imidazole rings is 1. The van der Waals surface area contributed by atoms with Gasteiger partial charge in [-0.1, -0.05) is 32.9 Å². The number of nitriles is 1. The van der Waals surface area contributed by atoms with Crippen LogP contribution in [-0.2, 0) is 13.6 Å². The van der Waals surface area contributed by atoms with Crippen LogP contribution in [0.3, 0.4) is 0 Å². The third kappa shape index (κ3) is 4.05. The average molecular weight is 413 g/mol. The van der Waals surface area contributed by atoms with E-state index in [4.69, 9.17) is 9.72 Å². The van der Waals surface area contributed by atoms with Crippen molar-refractivity contribution in [3.8, 4) is 28.8 Å². The maximum atomic E-state index is 12.8. The second-order valence-corrected chi connectivity index (χ2v) is 8.64. The zero-order chi connectivity index (χ0) is 22.2. The Kier molecular flexibility index (Phi) is 5.07. The number of rotatable bonds is 4. The highest BCUT2D eigenvalue weighted by atomic mass is 16.5. The molecule has 1 aromatic carbocycles. The summed E-state index contributed by atoms with van der Waals surface area (Å²) in [6.07, 6.45) is 3.05. The molecule has 156 valence electrons. The van der Waals surface area contributed by atoms with E-state index >= 15 is 0 Å². The molecule has 0 atom stereocenters. The molecule has 0 unspecified atom stereocenters. The van der Waals surface area contributed by atoms with Gasteiger partial charge >= 0.3 is 5.69 Å². The number of fused-ring (bicyclic) bond motifs is 1. The number of ether oxygens (including phenoxy) is 1. The van der Waals surface area contributed by atoms with Crippen molar-refractivity contribution in [1.82, 2.24) is 19.1 Å². The fraction of sp³-hybridized carbons (Fsp3) is 0.250. The molecule has 0 aliphatic rings. The highest BCUT2D eigenvalue weighted by Gasteiger charge is 2.19. The van der Waals surface area contributed by atoms with Gasteiger partial charge in [-0.2, -0.15) is 5.26 Å². The van der Waals surface area contributed by atoms with Gasteiger partial charge in [0.25, 0.3) is 0 Å². The van der Waals surface area contributed by atoms with E-state index in [1.807, 2.05) is 36.4 Å². The number of nitrogens with zero attached hydrogens (tertiary/aromatic N) is 5. The Morgan fingerprint density at radius 2 is 1.97 bits per heavy atom. The fourth-order valence-electron chi connectivity index (χ4n) is 3.46. The molecule has 4 aromatic rings. The molecule has 31 heavy (non-hydrogen) atoms. The summed E-state index contributed by atoms with van der Waals surface area (Å²) in [6.45, 7) is 6.92. The molecule has 3 heterocycles. The quantitative estimate of drug-likeness (QED) is 0.491. The van der Waals surface area contributed by atoms with E-state index in [1.165, 1.54) is 6.20 Å². The van der Waals surface area contributed by atoms with Crippen LogP contribution < -0.4 is 10.4 Å². The van der Waals surface area contributed by atoms with Gasteiger partial charge in [0.2, 0.25) is 0 Å². The predicted molar refractivity (Wildman–Crippen MR) is 119 cm³/mol. The van der Waals surface area contributed by atoms with Crippen LogP contribution in [0.5, 0.6) is 11.5 Å². The number of hydrogen-bond donors (Lipinski definition) is 0. The molecule has 4 rings (SSSR count). The van der Waals surface area contributed by atoms with Crippen molar-refractivity contribution in [3.05, 3.63) is 70.9 Å². The molecule has 7 nitrogen and oxygen atoms in total. The summed E-state index contributed by atoms with van der Waals surface area (Å²) in [5.41, 5.74) is 3.29. The normalized spacial score (nSPS) is 11.5. The van der Waals surface area contributed by atoms with Gasteiger partial charge in [-0.25, -0.2) is 9.78 Å². The maximum Gasteiger partial charge on any atom is 0.330 e. The molecule has 7 heteroatoms. The van der Waals surface area contributed by atoms with Crippen molar-refractivity contribution in [2.75, 3.05) is 0 Å². The van der Waals surface area contributed by atoms with Crippen LogP contribution in [-0.4, -0.2) is 19.1 Å². The Balaban J connectivity index is 1.73. The summed E-state index contributed by atoms with van der Waals surface area (Å²) in [6, 6.07) is 15.1. The van der Waals surface area contributed by atoms with Gasteiger partial charge in [0.05, 0.1) is 11.2 Å². The summed E-state index contributed by atoms with van der Waals surface area (Å²) in [5.74, 6) is 1.03. The molecule has 0 saturated heterocycles. The number of aryl methyl sites for hydroxylation is 1. The van der Waals surface area contributed by atoms with Crippen LogP contribution in [0, 0.1) is 16.7 Å². The summed E-state index contributed by atoms with van der Waals surface area (Å²) in [5, 5.41) is 9.24. The molecule has 0 aliphatic heterocycles. The third-order valence-corrected chi connectivity index (χ3v) is 4.87. The van der Waals surface area contributed by atoms with Crippen molar-refractivity contribution < 1.29 is 4.74 Å². The molecule has 0 fully saturated rings. The third-order valence-electron chi connectivity index (χ3n) is 4.87. The van der Waals surface area contributed by atoms with Gasteiger partial charge in [0.1, 0.15) is 23.1 Å². The van der Waals surface area contributed by atoms with E-state index in [0.717, 1.165) is 16.8 Å². The molecular weight excluding hydrogens is 390 g/mol. The van der Waals surface area contributed by atoms with Crippen LogP contribution in [0.4, 0.5) is 0 Å². The lowest BCUT2D eigenvalue weighted by Gasteiger charge is -2.18. The largest absolute Gasteiger partial charge is 0.456 e. The molecule has 0 bridgehead atoms. The molecule has 0 spiro atoms. The number of pyridine rings is 2. The van der Waals surface area contributed by atoms with Crippen molar-refractivity contribution in [2.24, 2.45) is 12.5 Å². The van der Waals surface area contributed by atoms with Gasteiger partial charge in [0.15, 0.2) is 5.65 Å². The van der Waals surface area contributed by atoms with Crippen molar-refractivity contribution in [1.29, 1.82) is 5.26 Å². The number of aromatic nitrogens is 4. The Bertz CT molecular complexity index is 1370. The lowest BCUT2D eigenvalue weighted by atomic mass is 9.97. The van der Waals surface area contributed by atoms with Gasteiger partial charge < -0.3 is 4.74 Å². The van der Waals surface area contributed by atoms with Crippen LogP contribution >= 0.6 is 0 Å². The van der Waals surface area contributed by atoms with Gasteiger partial charge in [-0.15, -0.1) is 0 Å². The van der Waals surface area contributed by atoms with E-state index < -0.39 is 0 Å². The fourth-order valence-corrected chi connectivity index (χ4v) is 3.46. The average Bonchev–Trinajstić information content (AvgIpc) is 2.97. The SMILES string of the molecule is Cn1c(=O)n(CC(C)(C)C)c2ccc(-c3cccc(Oc4ccncc4C#N)c3)nc21. The lowest BCUT2D eigenvalue weighted by molar-refractivity contribution is 0.342. The standard InChI is InChI=1S/C24H23N5O2/c1-24(2,3)15-29-20-9-8-19(27-22(20)28(4)23(29)30)16-6-5-7-18(12-16)31-21-10-11-26-14-17(21)13-25/h5-12,14H,15H2,1-4H3. The number of benzene rings is 1. The van der Waals surface area contributed by atoms with E-state index in [9.17, 15) is 10.1 Å². The molecule has 0 amide bonds. The zero-order valence-corrected chi connectivity index (χ0v) is 18.0. The highest BCUT2D eigenvalue weighted by molar-refractivity contribution is 5.76. The Labute approximate surface area is 180 Å². The second-order valence-electron chi connectivity index (χ2n) is 8.64. The molecule has 0 saturated carbocycles. The van der Waals surface area contributed by atoms with Crippen LogP contribution in [0.25, 0.3) is 22.4 Å². The summed E-state index contributed by atoms with van der Waals surface area (Å²) in [7, 11) is 1.74. The Hall–Kier alpha value is -3.92. The van der Waals surface area contributed by atoms with E-state index in [-0.39, 0.29) is 11.1 Å². The monoisotopic (exact) mass is 413 g/mol. The van der Waals surface area contributed by atoms with Gasteiger partial charge in [-0.3, -0.25) is 14.1 Å². The lowest BCUT2D eigenvalue weighted by Crippen LogP contribution is -2.27. The molecule has 0 N–H and O–H groups in total. The summed E-state index contributed by atoms with van der Waals surface area (Å²) >= 11 is 0. The smallest absolute Gasteiger partial charge is 0.330 e. The van der Waals surface area contributed by atoms with E-state index in [2.05, 4.69) is 31.8 Å². The minimum atomic E-state index is -0.0756. The zero-order valence-electron chi connectivity index (χ0n) is 18.0. The highest BCUT2D eigenvalue weighted by Crippen LogP contribution is 2.29. The maximum absolute atomic E-state index is 12.8. The molecule has 0 radical (unpaired) electrons. The first-order valence-corrected chi connectivity index (χ1v) is 9.95. The first kappa shape index (κ1) is 20.4. The Morgan fingerprint density at radius 1 is 1.16 bits per heavy atom. The summed E-state index contributed by atoms with van der Waals surface area (Å²) < 4.78 is 9.26. The topological polar surface area (TPSA) is 85.7 Å².